The average molecular weight is 391 g/mol. The highest BCUT2D eigenvalue weighted by Crippen LogP contribution is 2.27. The predicted octanol–water partition coefficient (Wildman–Crippen LogP) is 2.30. The van der Waals surface area contributed by atoms with Gasteiger partial charge in [-0.3, -0.25) is 4.79 Å². The van der Waals surface area contributed by atoms with Gasteiger partial charge in [0.25, 0.3) is 0 Å². The fourth-order valence-electron chi connectivity index (χ4n) is 2.42. The van der Waals surface area contributed by atoms with Gasteiger partial charge in [0.1, 0.15) is 10.6 Å². The molecule has 0 aliphatic rings. The van der Waals surface area contributed by atoms with E-state index in [0.29, 0.717) is 5.69 Å². The largest absolute Gasteiger partial charge is 0.495 e. The summed E-state index contributed by atoms with van der Waals surface area (Å²) in [4.78, 5) is 14.1. The van der Waals surface area contributed by atoms with Gasteiger partial charge in [0.2, 0.25) is 15.9 Å². The lowest BCUT2D eigenvalue weighted by Crippen LogP contribution is -2.33. The van der Waals surface area contributed by atoms with E-state index in [-0.39, 0.29) is 17.2 Å². The van der Waals surface area contributed by atoms with Gasteiger partial charge in [-0.2, -0.15) is 0 Å². The van der Waals surface area contributed by atoms with Gasteiger partial charge < -0.3 is 15.0 Å². The van der Waals surface area contributed by atoms with E-state index in [4.69, 9.17) is 4.74 Å². The van der Waals surface area contributed by atoms with E-state index >= 15 is 0 Å². The Bertz CT molecular complexity index is 923. The Labute approximate surface area is 160 Å². The Morgan fingerprint density at radius 1 is 1.07 bits per heavy atom. The first-order valence-corrected chi connectivity index (χ1v) is 9.84. The molecule has 7 nitrogen and oxygen atoms in total. The smallest absolute Gasteiger partial charge is 0.244 e. The van der Waals surface area contributed by atoms with Crippen molar-refractivity contribution in [3.63, 3.8) is 0 Å². The summed E-state index contributed by atoms with van der Waals surface area (Å²) in [7, 11) is 1.36. The third-order valence-corrected chi connectivity index (χ3v) is 5.58. The topological polar surface area (TPSA) is 87.7 Å². The van der Waals surface area contributed by atoms with Crippen LogP contribution in [0.2, 0.25) is 0 Å². The number of rotatable bonds is 7. The van der Waals surface area contributed by atoms with Gasteiger partial charge in [0.15, 0.2) is 0 Å². The Morgan fingerprint density at radius 2 is 1.67 bits per heavy atom. The normalized spacial score (nSPS) is 11.1. The number of anilines is 2. The van der Waals surface area contributed by atoms with Crippen LogP contribution in [0.25, 0.3) is 0 Å². The molecule has 1 amide bonds. The Morgan fingerprint density at radius 3 is 2.22 bits per heavy atom. The minimum absolute atomic E-state index is 0.0104. The number of amides is 1. The van der Waals surface area contributed by atoms with Gasteiger partial charge in [-0.1, -0.05) is 0 Å². The summed E-state index contributed by atoms with van der Waals surface area (Å²) in [6, 6.07) is 10.4. The van der Waals surface area contributed by atoms with E-state index in [1.165, 1.54) is 13.2 Å². The van der Waals surface area contributed by atoms with Crippen molar-refractivity contribution < 1.29 is 17.9 Å². The molecule has 0 aromatic heterocycles. The van der Waals surface area contributed by atoms with Crippen molar-refractivity contribution in [2.45, 2.75) is 18.7 Å². The summed E-state index contributed by atoms with van der Waals surface area (Å²) in [6.45, 7) is 3.31. The number of carbonyl (C=O) groups excluding carboxylic acids is 1. The van der Waals surface area contributed by atoms with Crippen molar-refractivity contribution in [1.82, 2.24) is 4.72 Å². The van der Waals surface area contributed by atoms with Gasteiger partial charge in [0, 0.05) is 25.5 Å². The highest BCUT2D eigenvalue weighted by molar-refractivity contribution is 7.89. The number of sulfonamides is 1. The standard InChI is InChI=1S/C19H25N3O4S/c1-13-10-17(26-5)18(11-14(13)2)27(24,25)20-12-19(23)21-15-6-8-16(9-7-15)22(3)4/h6-11,20H,12H2,1-5H3,(H,21,23). The number of carbonyl (C=O) groups is 1. The molecule has 0 aliphatic heterocycles. The zero-order valence-corrected chi connectivity index (χ0v) is 17.0. The molecule has 0 saturated carbocycles. The number of ether oxygens (including phenoxy) is 1. The molecule has 2 rings (SSSR count). The Kier molecular flexibility index (Phi) is 6.45. The fraction of sp³-hybridized carbons (Fsp3) is 0.316. The molecule has 0 unspecified atom stereocenters. The van der Waals surface area contributed by atoms with Crippen LogP contribution < -0.4 is 19.7 Å². The zero-order chi connectivity index (χ0) is 20.2. The fourth-order valence-corrected chi connectivity index (χ4v) is 3.63. The minimum atomic E-state index is -3.89. The molecular weight excluding hydrogens is 366 g/mol. The second-order valence-corrected chi connectivity index (χ2v) is 8.14. The van der Waals surface area contributed by atoms with Gasteiger partial charge in [-0.15, -0.1) is 0 Å². The molecule has 0 heterocycles. The first-order chi connectivity index (χ1) is 12.6. The highest BCUT2D eigenvalue weighted by atomic mass is 32.2. The quantitative estimate of drug-likeness (QED) is 0.756. The number of nitrogens with one attached hydrogen (secondary N) is 2. The van der Waals surface area contributed by atoms with Crippen LogP contribution in [0.5, 0.6) is 5.75 Å². The van der Waals surface area contributed by atoms with Crippen LogP contribution in [0.15, 0.2) is 41.3 Å². The lowest BCUT2D eigenvalue weighted by molar-refractivity contribution is -0.115. The number of aryl methyl sites for hydroxylation is 2. The molecule has 0 radical (unpaired) electrons. The summed E-state index contributed by atoms with van der Waals surface area (Å²) in [5.74, 6) is -0.218. The molecule has 2 aromatic carbocycles. The van der Waals surface area contributed by atoms with Crippen LogP contribution in [0.4, 0.5) is 11.4 Å². The molecular formula is C19H25N3O4S. The number of benzene rings is 2. The van der Waals surface area contributed by atoms with E-state index < -0.39 is 15.9 Å². The monoisotopic (exact) mass is 391 g/mol. The summed E-state index contributed by atoms with van der Waals surface area (Å²) in [5, 5.41) is 2.67. The van der Waals surface area contributed by atoms with Crippen LogP contribution in [0, 0.1) is 13.8 Å². The minimum Gasteiger partial charge on any atom is -0.495 e. The molecule has 27 heavy (non-hydrogen) atoms. The number of methoxy groups -OCH3 is 1. The van der Waals surface area contributed by atoms with Gasteiger partial charge >= 0.3 is 0 Å². The van der Waals surface area contributed by atoms with E-state index in [1.54, 1.807) is 18.2 Å². The molecule has 0 aliphatic carbocycles. The molecule has 0 spiro atoms. The zero-order valence-electron chi connectivity index (χ0n) is 16.2. The maximum atomic E-state index is 12.6. The molecule has 0 bridgehead atoms. The van der Waals surface area contributed by atoms with Gasteiger partial charge in [-0.25, -0.2) is 13.1 Å². The SMILES string of the molecule is COc1cc(C)c(C)cc1S(=O)(=O)NCC(=O)Nc1ccc(N(C)C)cc1. The van der Waals surface area contributed by atoms with Crippen LogP contribution >= 0.6 is 0 Å². The Hall–Kier alpha value is -2.58. The third kappa shape index (κ3) is 5.21. The van der Waals surface area contributed by atoms with E-state index in [9.17, 15) is 13.2 Å². The van der Waals surface area contributed by atoms with E-state index in [1.807, 2.05) is 45.0 Å². The molecule has 0 atom stereocenters. The van der Waals surface area contributed by atoms with Crippen molar-refractivity contribution in [1.29, 1.82) is 0 Å². The van der Waals surface area contributed by atoms with Crippen molar-refractivity contribution in [2.75, 3.05) is 38.0 Å². The number of hydrogen-bond acceptors (Lipinski definition) is 5. The van der Waals surface area contributed by atoms with Crippen molar-refractivity contribution in [3.8, 4) is 5.75 Å². The van der Waals surface area contributed by atoms with Gasteiger partial charge in [-0.05, 0) is 61.4 Å². The molecule has 146 valence electrons. The second kappa shape index (κ2) is 8.41. The van der Waals surface area contributed by atoms with Crippen LogP contribution in [0.1, 0.15) is 11.1 Å². The highest BCUT2D eigenvalue weighted by Gasteiger charge is 2.21. The lowest BCUT2D eigenvalue weighted by Gasteiger charge is -2.14. The maximum Gasteiger partial charge on any atom is 0.244 e. The van der Waals surface area contributed by atoms with E-state index in [2.05, 4.69) is 10.0 Å². The second-order valence-electron chi connectivity index (χ2n) is 6.40. The summed E-state index contributed by atoms with van der Waals surface area (Å²) >= 11 is 0. The van der Waals surface area contributed by atoms with Crippen LogP contribution in [-0.4, -0.2) is 42.1 Å². The molecule has 2 N–H and O–H groups in total. The van der Waals surface area contributed by atoms with Crippen molar-refractivity contribution in [3.05, 3.63) is 47.5 Å². The van der Waals surface area contributed by atoms with Gasteiger partial charge in [0.05, 0.1) is 13.7 Å². The molecule has 8 heteroatoms. The molecule has 0 saturated heterocycles. The number of hydrogen-bond donors (Lipinski definition) is 2. The third-order valence-electron chi connectivity index (χ3n) is 4.16. The van der Waals surface area contributed by atoms with Crippen LogP contribution in [0.3, 0.4) is 0 Å². The first-order valence-electron chi connectivity index (χ1n) is 8.36. The lowest BCUT2D eigenvalue weighted by atomic mass is 10.1. The maximum absolute atomic E-state index is 12.6. The molecule has 2 aromatic rings. The Balaban J connectivity index is 2.06. The predicted molar refractivity (Wildman–Crippen MR) is 107 cm³/mol. The number of nitrogens with zero attached hydrogens (tertiary/aromatic N) is 1. The summed E-state index contributed by atoms with van der Waals surface area (Å²) < 4.78 is 32.6. The van der Waals surface area contributed by atoms with E-state index in [0.717, 1.165) is 16.8 Å². The average Bonchev–Trinajstić information content (AvgIpc) is 2.62. The molecule has 0 fully saturated rings. The first kappa shape index (κ1) is 20.7. The summed E-state index contributed by atoms with van der Waals surface area (Å²) in [5.41, 5.74) is 3.33. The van der Waals surface area contributed by atoms with Crippen molar-refractivity contribution >= 4 is 27.3 Å². The van der Waals surface area contributed by atoms with Crippen LogP contribution in [-0.2, 0) is 14.8 Å². The summed E-state index contributed by atoms with van der Waals surface area (Å²) in [6.07, 6.45) is 0. The van der Waals surface area contributed by atoms with Crippen molar-refractivity contribution in [2.24, 2.45) is 0 Å².